The Balaban J connectivity index is 1.14. The second-order valence-electron chi connectivity index (χ2n) is 10.4. The molecule has 1 saturated carbocycles. The number of hydrogen-bond acceptors (Lipinski definition) is 5. The van der Waals surface area contributed by atoms with E-state index in [9.17, 15) is 8.42 Å². The van der Waals surface area contributed by atoms with Gasteiger partial charge in [0.15, 0.2) is 0 Å². The number of aromatic nitrogens is 3. The average molecular weight is 496 g/mol. The van der Waals surface area contributed by atoms with Crippen LogP contribution in [-0.4, -0.2) is 47.1 Å². The van der Waals surface area contributed by atoms with Gasteiger partial charge in [0.05, 0.1) is 0 Å². The highest BCUT2D eigenvalue weighted by atomic mass is 32.2. The van der Waals surface area contributed by atoms with Gasteiger partial charge in [-0.05, 0) is 50.3 Å². The summed E-state index contributed by atoms with van der Waals surface area (Å²) in [6, 6.07) is 14.5. The smallest absolute Gasteiger partial charge is 0.221 e. The first kappa shape index (κ1) is 22.7. The van der Waals surface area contributed by atoms with Crippen LogP contribution in [0.1, 0.15) is 61.1 Å². The number of nitrogens with zero attached hydrogens (tertiary/aromatic N) is 5. The summed E-state index contributed by atoms with van der Waals surface area (Å²) in [6.07, 6.45) is 7.07. The predicted molar refractivity (Wildman–Crippen MR) is 132 cm³/mol. The third-order valence-electron chi connectivity index (χ3n) is 8.18. The van der Waals surface area contributed by atoms with Crippen molar-refractivity contribution in [1.29, 1.82) is 0 Å². The van der Waals surface area contributed by atoms with Gasteiger partial charge in [-0.15, -0.1) is 10.2 Å². The normalized spacial score (nSPS) is 24.6. The fraction of sp³-hybridized carbons (Fsp3) is 0.462. The van der Waals surface area contributed by atoms with Crippen molar-refractivity contribution < 1.29 is 12.8 Å². The molecule has 0 N–H and O–H groups in total. The maximum atomic E-state index is 15.3. The lowest BCUT2D eigenvalue weighted by Crippen LogP contribution is -2.62. The maximum Gasteiger partial charge on any atom is 0.221 e. The second-order valence-corrected chi connectivity index (χ2v) is 12.5. The Morgan fingerprint density at radius 1 is 1.06 bits per heavy atom. The van der Waals surface area contributed by atoms with Gasteiger partial charge in [-0.3, -0.25) is 0 Å². The summed E-state index contributed by atoms with van der Waals surface area (Å²) in [5, 5.41) is 7.21. The van der Waals surface area contributed by atoms with Crippen molar-refractivity contribution in [2.24, 2.45) is 5.41 Å². The van der Waals surface area contributed by atoms with E-state index in [0.29, 0.717) is 30.0 Å². The quantitative estimate of drug-likeness (QED) is 0.522. The van der Waals surface area contributed by atoms with E-state index in [1.54, 1.807) is 31.7 Å². The van der Waals surface area contributed by atoms with E-state index >= 15 is 4.39 Å². The molecule has 2 atom stereocenters. The Hall–Kier alpha value is -2.78. The number of rotatable bonds is 5. The van der Waals surface area contributed by atoms with E-state index in [4.69, 9.17) is 0 Å². The largest absolute Gasteiger partial charge is 0.370 e. The fourth-order valence-electron chi connectivity index (χ4n) is 6.25. The third kappa shape index (κ3) is 3.85. The van der Waals surface area contributed by atoms with Crippen molar-refractivity contribution in [3.8, 4) is 0 Å². The van der Waals surface area contributed by atoms with Crippen LogP contribution in [0.5, 0.6) is 0 Å². The Morgan fingerprint density at radius 3 is 2.46 bits per heavy atom. The summed E-state index contributed by atoms with van der Waals surface area (Å²) in [7, 11) is -3.59. The highest BCUT2D eigenvalue weighted by molar-refractivity contribution is 7.89. The molecule has 2 aromatic carbocycles. The molecule has 184 valence electrons. The van der Waals surface area contributed by atoms with E-state index in [-0.39, 0.29) is 5.82 Å². The van der Waals surface area contributed by atoms with Crippen molar-refractivity contribution in [3.63, 3.8) is 0 Å². The molecule has 1 spiro atoms. The third-order valence-corrected chi connectivity index (χ3v) is 10.6. The molecule has 0 amide bonds. The number of anilines is 1. The van der Waals surface area contributed by atoms with Crippen molar-refractivity contribution in [2.75, 3.05) is 24.5 Å². The van der Waals surface area contributed by atoms with E-state index in [2.05, 4.69) is 19.7 Å². The first-order valence-electron chi connectivity index (χ1n) is 12.3. The zero-order chi connectivity index (χ0) is 24.2. The fourth-order valence-corrected chi connectivity index (χ4v) is 8.48. The monoisotopic (exact) mass is 495 g/mol. The summed E-state index contributed by atoms with van der Waals surface area (Å²) in [6.45, 7) is 4.04. The molecule has 6 rings (SSSR count). The number of hydrogen-bond donors (Lipinski definition) is 0. The Bertz CT molecular complexity index is 1300. The number of sulfonamides is 1. The molecular formula is C26H30FN5O2S. The molecule has 0 radical (unpaired) electrons. The van der Waals surface area contributed by atoms with Gasteiger partial charge >= 0.3 is 0 Å². The standard InChI is InChI=1S/C26H30FN5O2S/c1-19(32-11-5-8-25(35(32,33)34)20-6-3-2-4-7-20)23-10-9-21(12-24(23)27)30-15-26(16-30)13-22(14-26)31-17-28-29-18-31/h2-4,6-7,9-10,12,17-19,22,25H,5,8,11,13-16H2,1H3. The lowest BCUT2D eigenvalue weighted by Gasteiger charge is -2.60. The summed E-state index contributed by atoms with van der Waals surface area (Å²) in [4.78, 5) is 2.21. The Morgan fingerprint density at radius 2 is 1.77 bits per heavy atom. The molecule has 2 unspecified atom stereocenters. The van der Waals surface area contributed by atoms with Gasteiger partial charge in [-0.2, -0.15) is 4.31 Å². The van der Waals surface area contributed by atoms with Gasteiger partial charge in [-0.1, -0.05) is 36.4 Å². The van der Waals surface area contributed by atoms with Gasteiger partial charge in [0.2, 0.25) is 10.0 Å². The summed E-state index contributed by atoms with van der Waals surface area (Å²) in [5.41, 5.74) is 2.39. The molecule has 1 aliphatic carbocycles. The summed E-state index contributed by atoms with van der Waals surface area (Å²) >= 11 is 0. The van der Waals surface area contributed by atoms with E-state index in [1.165, 1.54) is 4.31 Å². The molecular weight excluding hydrogens is 465 g/mol. The molecule has 2 aliphatic heterocycles. The van der Waals surface area contributed by atoms with Crippen molar-refractivity contribution in [3.05, 3.63) is 78.1 Å². The second kappa shape index (κ2) is 8.41. The van der Waals surface area contributed by atoms with Gasteiger partial charge in [0.25, 0.3) is 0 Å². The molecule has 0 bridgehead atoms. The lowest BCUT2D eigenvalue weighted by molar-refractivity contribution is 0.0306. The van der Waals surface area contributed by atoms with Crippen LogP contribution >= 0.6 is 0 Å². The summed E-state index contributed by atoms with van der Waals surface area (Å²) < 4.78 is 45.8. The van der Waals surface area contributed by atoms with Crippen molar-refractivity contribution >= 4 is 15.7 Å². The molecule has 1 aromatic heterocycles. The Kier molecular flexibility index (Phi) is 5.45. The van der Waals surface area contributed by atoms with E-state index < -0.39 is 21.3 Å². The SMILES string of the molecule is CC(c1ccc(N2CC3(CC(n4cnnc4)C3)C2)cc1F)N1CCCC(c2ccccc2)S1(=O)=O. The predicted octanol–water partition coefficient (Wildman–Crippen LogP) is 4.49. The number of halogens is 1. The van der Waals surface area contributed by atoms with Gasteiger partial charge < -0.3 is 9.47 Å². The topological polar surface area (TPSA) is 71.3 Å². The van der Waals surface area contributed by atoms with Crippen LogP contribution in [0, 0.1) is 11.2 Å². The van der Waals surface area contributed by atoms with Crippen LogP contribution in [0.15, 0.2) is 61.2 Å². The molecule has 3 heterocycles. The van der Waals surface area contributed by atoms with Crippen LogP contribution in [0.2, 0.25) is 0 Å². The van der Waals surface area contributed by atoms with Gasteiger partial charge in [0, 0.05) is 48.4 Å². The van der Waals surface area contributed by atoms with Crippen molar-refractivity contribution in [2.45, 2.75) is 49.9 Å². The minimum absolute atomic E-state index is 0.297. The number of benzene rings is 2. The Labute approximate surface area is 205 Å². The highest BCUT2D eigenvalue weighted by Gasteiger charge is 2.53. The van der Waals surface area contributed by atoms with Crippen LogP contribution < -0.4 is 4.90 Å². The van der Waals surface area contributed by atoms with Crippen LogP contribution in [0.4, 0.5) is 10.1 Å². The molecule has 3 fully saturated rings. The van der Waals surface area contributed by atoms with Gasteiger partial charge in [0.1, 0.15) is 23.7 Å². The lowest BCUT2D eigenvalue weighted by atomic mass is 9.60. The van der Waals surface area contributed by atoms with Crippen LogP contribution in [-0.2, 0) is 10.0 Å². The molecule has 3 aromatic rings. The molecule has 7 nitrogen and oxygen atoms in total. The molecule has 2 saturated heterocycles. The zero-order valence-electron chi connectivity index (χ0n) is 19.8. The average Bonchev–Trinajstić information content (AvgIpc) is 3.32. The minimum Gasteiger partial charge on any atom is -0.370 e. The molecule has 9 heteroatoms. The van der Waals surface area contributed by atoms with Crippen LogP contribution in [0.25, 0.3) is 0 Å². The molecule has 3 aliphatic rings. The summed E-state index contributed by atoms with van der Waals surface area (Å²) in [5.74, 6) is -0.344. The molecule has 35 heavy (non-hydrogen) atoms. The minimum atomic E-state index is -3.59. The maximum absolute atomic E-state index is 15.3. The first-order valence-corrected chi connectivity index (χ1v) is 13.8. The van der Waals surface area contributed by atoms with Crippen LogP contribution in [0.3, 0.4) is 0 Å². The van der Waals surface area contributed by atoms with Crippen molar-refractivity contribution in [1.82, 2.24) is 19.1 Å². The van der Waals surface area contributed by atoms with Gasteiger partial charge in [-0.25, -0.2) is 12.8 Å². The first-order chi connectivity index (χ1) is 16.9. The highest BCUT2D eigenvalue weighted by Crippen LogP contribution is 2.55. The zero-order valence-corrected chi connectivity index (χ0v) is 20.6. The van der Waals surface area contributed by atoms with E-state index in [1.807, 2.05) is 36.4 Å². The van der Waals surface area contributed by atoms with E-state index in [0.717, 1.165) is 43.6 Å².